The Balaban J connectivity index is 2.08. The van der Waals surface area contributed by atoms with Crippen molar-refractivity contribution in [3.63, 3.8) is 0 Å². The van der Waals surface area contributed by atoms with Gasteiger partial charge in [0, 0.05) is 17.8 Å². The number of carbonyl (C=O) groups excluding carboxylic acids is 2. The minimum atomic E-state index is -0.674. The number of aliphatic imine (C=N–C) groups is 1. The number of hydrogen-bond donors (Lipinski definition) is 1. The summed E-state index contributed by atoms with van der Waals surface area (Å²) in [7, 11) is 1.53. The molecular weight excluding hydrogens is 320 g/mol. The fourth-order valence-corrected chi connectivity index (χ4v) is 2.83. The van der Waals surface area contributed by atoms with Gasteiger partial charge in [0.1, 0.15) is 5.75 Å². The van der Waals surface area contributed by atoms with E-state index in [4.69, 9.17) is 9.84 Å². The Morgan fingerprint density at radius 1 is 1.20 bits per heavy atom. The van der Waals surface area contributed by atoms with Gasteiger partial charge in [0.05, 0.1) is 31.9 Å². The van der Waals surface area contributed by atoms with Gasteiger partial charge in [-0.25, -0.2) is 4.90 Å². The number of rotatable bonds is 5. The molecule has 0 aromatic heterocycles. The highest BCUT2D eigenvalue weighted by molar-refractivity contribution is 6.29. The van der Waals surface area contributed by atoms with Crippen molar-refractivity contribution >= 4 is 23.7 Å². The fourth-order valence-electron chi connectivity index (χ4n) is 2.83. The summed E-state index contributed by atoms with van der Waals surface area (Å²) < 4.78 is 5.19. The van der Waals surface area contributed by atoms with Crippen LogP contribution in [0, 0.1) is 0 Å². The predicted octanol–water partition coefficient (Wildman–Crippen LogP) is 2.03. The van der Waals surface area contributed by atoms with Crippen LogP contribution in [0.3, 0.4) is 0 Å². The zero-order valence-electron chi connectivity index (χ0n) is 13.8. The third kappa shape index (κ3) is 3.16. The number of carbonyl (C=O) groups is 2. The van der Waals surface area contributed by atoms with Crippen molar-refractivity contribution in [1.82, 2.24) is 0 Å². The Morgan fingerprint density at radius 2 is 2.00 bits per heavy atom. The van der Waals surface area contributed by atoms with Gasteiger partial charge in [0.25, 0.3) is 5.91 Å². The molecule has 25 heavy (non-hydrogen) atoms. The molecule has 6 nitrogen and oxygen atoms in total. The number of nitrogens with zero attached hydrogens (tertiary/aromatic N) is 2. The first kappa shape index (κ1) is 16.9. The molecule has 6 heteroatoms. The zero-order valence-corrected chi connectivity index (χ0v) is 13.8. The van der Waals surface area contributed by atoms with E-state index in [-0.39, 0.29) is 25.0 Å². The second-order valence-corrected chi connectivity index (χ2v) is 5.52. The first-order valence-corrected chi connectivity index (χ1v) is 7.89. The Kier molecular flexibility index (Phi) is 4.90. The molecule has 128 valence electrons. The van der Waals surface area contributed by atoms with E-state index in [0.29, 0.717) is 22.6 Å². The second-order valence-electron chi connectivity index (χ2n) is 5.52. The third-order valence-electron chi connectivity index (χ3n) is 4.01. The molecule has 1 heterocycles. The smallest absolute Gasteiger partial charge is 0.265 e. The molecular formula is C19H18N2O4. The molecule has 0 saturated carbocycles. The normalized spacial score (nSPS) is 17.0. The van der Waals surface area contributed by atoms with Crippen molar-refractivity contribution in [2.75, 3.05) is 25.2 Å². The minimum Gasteiger partial charge on any atom is -0.497 e. The lowest BCUT2D eigenvalue weighted by Crippen LogP contribution is -2.45. The van der Waals surface area contributed by atoms with E-state index >= 15 is 0 Å². The van der Waals surface area contributed by atoms with Crippen LogP contribution in [0.2, 0.25) is 0 Å². The lowest BCUT2D eigenvalue weighted by Gasteiger charge is -2.31. The van der Waals surface area contributed by atoms with Crippen molar-refractivity contribution in [3.05, 3.63) is 59.7 Å². The number of hydrogen-bond acceptors (Lipinski definition) is 5. The second kappa shape index (κ2) is 7.27. The number of fused-ring (bicyclic) bond motifs is 1. The number of ether oxygens (including phenoxy) is 1. The van der Waals surface area contributed by atoms with Crippen LogP contribution in [0.15, 0.2) is 53.5 Å². The van der Waals surface area contributed by atoms with Crippen molar-refractivity contribution in [2.45, 2.75) is 5.92 Å². The van der Waals surface area contributed by atoms with Gasteiger partial charge >= 0.3 is 0 Å². The number of imide groups is 1. The van der Waals surface area contributed by atoms with Gasteiger partial charge in [-0.05, 0) is 23.8 Å². The molecule has 1 atom stereocenters. The molecule has 1 aliphatic rings. The van der Waals surface area contributed by atoms with Gasteiger partial charge in [0.2, 0.25) is 5.91 Å². The van der Waals surface area contributed by atoms with Crippen LogP contribution in [0.5, 0.6) is 5.75 Å². The standard InChI is InChI=1S/C19H18N2O4/c1-25-14-6-4-5-13(11-14)21-18(23)16-8-3-2-7-15(16)17(19(21)24)12-20-9-10-22/h2-8,11-12,17,22H,9-10H2,1H3/t17-/m0/s1. The monoisotopic (exact) mass is 338 g/mol. The highest BCUT2D eigenvalue weighted by atomic mass is 16.5. The zero-order chi connectivity index (χ0) is 17.8. The lowest BCUT2D eigenvalue weighted by atomic mass is 9.89. The first-order valence-electron chi connectivity index (χ1n) is 7.89. The maximum Gasteiger partial charge on any atom is 0.265 e. The van der Waals surface area contributed by atoms with E-state index in [1.54, 1.807) is 48.5 Å². The molecule has 0 bridgehead atoms. The number of aliphatic hydroxyl groups is 1. The van der Waals surface area contributed by atoms with Crippen LogP contribution < -0.4 is 9.64 Å². The summed E-state index contributed by atoms with van der Waals surface area (Å²) in [6, 6.07) is 13.8. The number of anilines is 1. The molecule has 2 amide bonds. The summed E-state index contributed by atoms with van der Waals surface area (Å²) in [5.74, 6) is -0.867. The fraction of sp³-hybridized carbons (Fsp3) is 0.211. The summed E-state index contributed by atoms with van der Waals surface area (Å²) in [5, 5.41) is 8.91. The quantitative estimate of drug-likeness (QED) is 0.668. The highest BCUT2D eigenvalue weighted by Gasteiger charge is 2.38. The Labute approximate surface area is 145 Å². The Bertz CT molecular complexity index is 832. The SMILES string of the molecule is COc1cccc(N2C(=O)c3ccccc3[C@H](C=NCCO)C2=O)c1. The van der Waals surface area contributed by atoms with Crippen molar-refractivity contribution in [2.24, 2.45) is 4.99 Å². The number of methoxy groups -OCH3 is 1. The van der Waals surface area contributed by atoms with Gasteiger partial charge in [-0.15, -0.1) is 0 Å². The molecule has 0 aliphatic carbocycles. The van der Waals surface area contributed by atoms with E-state index in [1.165, 1.54) is 13.3 Å². The average molecular weight is 338 g/mol. The van der Waals surface area contributed by atoms with Crippen LogP contribution in [-0.2, 0) is 4.79 Å². The largest absolute Gasteiger partial charge is 0.497 e. The first-order chi connectivity index (χ1) is 12.2. The summed E-state index contributed by atoms with van der Waals surface area (Å²) in [6.07, 6.45) is 1.50. The van der Waals surface area contributed by atoms with Gasteiger partial charge in [-0.3, -0.25) is 14.6 Å². The molecule has 1 N–H and O–H groups in total. The number of amides is 2. The molecule has 2 aromatic carbocycles. The van der Waals surface area contributed by atoms with E-state index in [9.17, 15) is 9.59 Å². The third-order valence-corrected chi connectivity index (χ3v) is 4.01. The van der Waals surface area contributed by atoms with Crippen LogP contribution >= 0.6 is 0 Å². The Hall–Kier alpha value is -2.99. The molecule has 2 aromatic rings. The maximum absolute atomic E-state index is 13.0. The maximum atomic E-state index is 13.0. The summed E-state index contributed by atoms with van der Waals surface area (Å²) in [5.41, 5.74) is 1.54. The Morgan fingerprint density at radius 3 is 2.76 bits per heavy atom. The van der Waals surface area contributed by atoms with Crippen molar-refractivity contribution < 1.29 is 19.4 Å². The summed E-state index contributed by atoms with van der Waals surface area (Å²) >= 11 is 0. The van der Waals surface area contributed by atoms with E-state index in [2.05, 4.69) is 4.99 Å². The lowest BCUT2D eigenvalue weighted by molar-refractivity contribution is -0.118. The van der Waals surface area contributed by atoms with Gasteiger partial charge in [-0.1, -0.05) is 24.3 Å². The molecule has 0 radical (unpaired) electrons. The number of benzene rings is 2. The van der Waals surface area contributed by atoms with Crippen LogP contribution in [0.4, 0.5) is 5.69 Å². The molecule has 0 saturated heterocycles. The summed E-state index contributed by atoms with van der Waals surface area (Å²) in [4.78, 5) is 31.1. The van der Waals surface area contributed by atoms with Gasteiger partial charge in [-0.2, -0.15) is 0 Å². The molecule has 0 spiro atoms. The van der Waals surface area contributed by atoms with Crippen LogP contribution in [0.1, 0.15) is 21.8 Å². The minimum absolute atomic E-state index is 0.0996. The van der Waals surface area contributed by atoms with Crippen LogP contribution in [-0.4, -0.2) is 43.4 Å². The summed E-state index contributed by atoms with van der Waals surface area (Å²) in [6.45, 7) is 0.108. The highest BCUT2D eigenvalue weighted by Crippen LogP contribution is 2.33. The van der Waals surface area contributed by atoms with Crippen LogP contribution in [0.25, 0.3) is 0 Å². The molecule has 3 rings (SSSR count). The van der Waals surface area contributed by atoms with Gasteiger partial charge in [0.15, 0.2) is 0 Å². The van der Waals surface area contributed by atoms with Gasteiger partial charge < -0.3 is 9.84 Å². The van der Waals surface area contributed by atoms with E-state index in [1.807, 2.05) is 0 Å². The van der Waals surface area contributed by atoms with Crippen molar-refractivity contribution in [3.8, 4) is 5.75 Å². The predicted molar refractivity (Wildman–Crippen MR) is 94.4 cm³/mol. The molecule has 1 aliphatic heterocycles. The van der Waals surface area contributed by atoms with E-state index < -0.39 is 5.92 Å². The molecule has 0 unspecified atom stereocenters. The average Bonchev–Trinajstić information content (AvgIpc) is 2.65. The molecule has 0 fully saturated rings. The topological polar surface area (TPSA) is 79.2 Å². The van der Waals surface area contributed by atoms with E-state index in [0.717, 1.165) is 4.90 Å². The number of aliphatic hydroxyl groups excluding tert-OH is 1. The van der Waals surface area contributed by atoms with Crippen molar-refractivity contribution in [1.29, 1.82) is 0 Å².